The third-order valence-corrected chi connectivity index (χ3v) is 3.79. The number of nitrogens with one attached hydrogen (secondary N) is 2. The average Bonchev–Trinajstić information content (AvgIpc) is 3.07. The number of anilines is 1. The van der Waals surface area contributed by atoms with E-state index in [0.717, 1.165) is 21.9 Å². The van der Waals surface area contributed by atoms with Crippen LogP contribution in [-0.4, -0.2) is 31.0 Å². The molecule has 0 unspecified atom stereocenters. The van der Waals surface area contributed by atoms with Crippen molar-refractivity contribution in [2.45, 2.75) is 6.54 Å². The molecular weight excluding hydrogens is 306 g/mol. The van der Waals surface area contributed by atoms with Crippen LogP contribution in [0.3, 0.4) is 0 Å². The van der Waals surface area contributed by atoms with E-state index in [9.17, 15) is 9.90 Å². The second-order valence-corrected chi connectivity index (χ2v) is 5.34. The Hall–Kier alpha value is -3.48. The number of carboxylic acids is 1. The molecule has 3 N–H and O–H groups in total. The number of carbonyl (C=O) groups is 1. The lowest BCUT2D eigenvalue weighted by Gasteiger charge is -2.08. The lowest BCUT2D eigenvalue weighted by molar-refractivity contribution is 0.0691. The zero-order valence-corrected chi connectivity index (χ0v) is 12.5. The molecule has 0 saturated heterocycles. The molecule has 0 amide bonds. The molecule has 4 heterocycles. The Bertz CT molecular complexity index is 1040. The molecule has 4 aromatic heterocycles. The van der Waals surface area contributed by atoms with Crippen molar-refractivity contribution < 1.29 is 9.90 Å². The number of aromatic nitrogens is 4. The van der Waals surface area contributed by atoms with Crippen molar-refractivity contribution in [3.63, 3.8) is 0 Å². The number of carboxylic acid groups (broad SMARTS) is 1. The molecule has 0 spiro atoms. The minimum absolute atomic E-state index is 0.118. The number of rotatable bonds is 4. The maximum Gasteiger partial charge on any atom is 0.352 e. The van der Waals surface area contributed by atoms with Crippen LogP contribution in [0.15, 0.2) is 49.1 Å². The van der Waals surface area contributed by atoms with Gasteiger partial charge in [0.05, 0.1) is 11.0 Å². The van der Waals surface area contributed by atoms with Crippen LogP contribution in [0.25, 0.3) is 21.8 Å². The summed E-state index contributed by atoms with van der Waals surface area (Å²) in [6, 6.07) is 7.24. The number of aromatic carboxylic acids is 1. The highest BCUT2D eigenvalue weighted by atomic mass is 16.4. The lowest BCUT2D eigenvalue weighted by Crippen LogP contribution is -2.03. The van der Waals surface area contributed by atoms with Crippen LogP contribution in [-0.2, 0) is 6.54 Å². The molecule has 24 heavy (non-hydrogen) atoms. The van der Waals surface area contributed by atoms with Crippen molar-refractivity contribution in [3.8, 4) is 0 Å². The van der Waals surface area contributed by atoms with Crippen molar-refractivity contribution in [2.24, 2.45) is 0 Å². The molecule has 118 valence electrons. The first-order valence-corrected chi connectivity index (χ1v) is 7.35. The molecule has 0 atom stereocenters. The minimum atomic E-state index is -1.01. The predicted molar refractivity (Wildman–Crippen MR) is 89.9 cm³/mol. The monoisotopic (exact) mass is 319 g/mol. The zero-order valence-electron chi connectivity index (χ0n) is 12.5. The molecule has 0 aromatic carbocycles. The molecular formula is C17H13N5O2. The van der Waals surface area contributed by atoms with E-state index >= 15 is 0 Å². The second-order valence-electron chi connectivity index (χ2n) is 5.34. The van der Waals surface area contributed by atoms with Gasteiger partial charge < -0.3 is 15.4 Å². The molecule has 0 aliphatic rings. The smallest absolute Gasteiger partial charge is 0.352 e. The van der Waals surface area contributed by atoms with Crippen LogP contribution in [0.2, 0.25) is 0 Å². The fraction of sp³-hybridized carbons (Fsp3) is 0.0588. The molecule has 4 aromatic rings. The van der Waals surface area contributed by atoms with Gasteiger partial charge in [-0.25, -0.2) is 9.78 Å². The number of H-pyrrole nitrogens is 1. The van der Waals surface area contributed by atoms with E-state index in [4.69, 9.17) is 0 Å². The summed E-state index contributed by atoms with van der Waals surface area (Å²) in [5.74, 6) is -0.415. The Kier molecular flexibility index (Phi) is 3.31. The number of fused-ring (bicyclic) bond motifs is 3. The molecule has 0 radical (unpaired) electrons. The van der Waals surface area contributed by atoms with Gasteiger partial charge in [0, 0.05) is 42.1 Å². The van der Waals surface area contributed by atoms with E-state index in [1.165, 1.54) is 0 Å². The summed E-state index contributed by atoms with van der Waals surface area (Å²) in [6.45, 7) is 0.536. The van der Waals surface area contributed by atoms with E-state index in [1.54, 1.807) is 36.9 Å². The highest BCUT2D eigenvalue weighted by Crippen LogP contribution is 2.29. The fourth-order valence-electron chi connectivity index (χ4n) is 2.65. The summed E-state index contributed by atoms with van der Waals surface area (Å²) in [4.78, 5) is 27.0. The molecule has 7 heteroatoms. The van der Waals surface area contributed by atoms with Crippen molar-refractivity contribution in [2.75, 3.05) is 5.32 Å². The predicted octanol–water partition coefficient (Wildman–Crippen LogP) is 2.82. The second kappa shape index (κ2) is 5.62. The Balaban J connectivity index is 1.84. The summed E-state index contributed by atoms with van der Waals surface area (Å²) in [5, 5.41) is 14.1. The summed E-state index contributed by atoms with van der Waals surface area (Å²) in [5.41, 5.74) is 2.53. The van der Waals surface area contributed by atoms with Gasteiger partial charge in [-0.2, -0.15) is 0 Å². The van der Waals surface area contributed by atoms with Crippen molar-refractivity contribution in [1.29, 1.82) is 0 Å². The highest BCUT2D eigenvalue weighted by molar-refractivity contribution is 6.11. The number of hydrogen-bond donors (Lipinski definition) is 3. The SMILES string of the molecule is O=C(O)c1cc2c([nH]1)c(NCc1cccnc1)nc1ccncc12. The molecule has 0 aliphatic heterocycles. The van der Waals surface area contributed by atoms with Gasteiger partial charge in [0.2, 0.25) is 0 Å². The first-order valence-electron chi connectivity index (χ1n) is 7.35. The Morgan fingerprint density at radius 2 is 2.04 bits per heavy atom. The van der Waals surface area contributed by atoms with Crippen molar-refractivity contribution in [3.05, 3.63) is 60.3 Å². The summed E-state index contributed by atoms with van der Waals surface area (Å²) in [7, 11) is 0. The average molecular weight is 319 g/mol. The Morgan fingerprint density at radius 3 is 2.83 bits per heavy atom. The van der Waals surface area contributed by atoms with E-state index in [0.29, 0.717) is 17.9 Å². The normalized spacial score (nSPS) is 11.0. The summed E-state index contributed by atoms with van der Waals surface area (Å²) < 4.78 is 0. The lowest BCUT2D eigenvalue weighted by atomic mass is 10.1. The van der Waals surface area contributed by atoms with Gasteiger partial charge in [-0.1, -0.05) is 6.07 Å². The summed E-state index contributed by atoms with van der Waals surface area (Å²) in [6.07, 6.45) is 6.84. The third kappa shape index (κ3) is 2.41. The molecule has 0 fully saturated rings. The Morgan fingerprint density at radius 1 is 1.17 bits per heavy atom. The minimum Gasteiger partial charge on any atom is -0.477 e. The molecule has 0 bridgehead atoms. The molecule has 4 rings (SSSR count). The van der Waals surface area contributed by atoms with E-state index in [2.05, 4.69) is 25.3 Å². The van der Waals surface area contributed by atoms with Crippen LogP contribution in [0.1, 0.15) is 16.1 Å². The first kappa shape index (κ1) is 14.1. The Labute approximate surface area is 136 Å². The maximum atomic E-state index is 11.3. The quantitative estimate of drug-likeness (QED) is 0.534. The van der Waals surface area contributed by atoms with Gasteiger partial charge in [-0.15, -0.1) is 0 Å². The van der Waals surface area contributed by atoms with Crippen LogP contribution >= 0.6 is 0 Å². The van der Waals surface area contributed by atoms with Gasteiger partial charge in [0.15, 0.2) is 5.82 Å². The van der Waals surface area contributed by atoms with E-state index in [1.807, 2.05) is 12.1 Å². The number of pyridine rings is 3. The van der Waals surface area contributed by atoms with Gasteiger partial charge in [-0.05, 0) is 23.8 Å². The third-order valence-electron chi connectivity index (χ3n) is 3.79. The van der Waals surface area contributed by atoms with Crippen LogP contribution in [0.4, 0.5) is 5.82 Å². The van der Waals surface area contributed by atoms with Crippen LogP contribution < -0.4 is 5.32 Å². The number of hydrogen-bond acceptors (Lipinski definition) is 5. The fourth-order valence-corrected chi connectivity index (χ4v) is 2.65. The first-order chi connectivity index (χ1) is 11.7. The number of aromatic amines is 1. The van der Waals surface area contributed by atoms with Crippen LogP contribution in [0.5, 0.6) is 0 Å². The maximum absolute atomic E-state index is 11.3. The van der Waals surface area contributed by atoms with Gasteiger partial charge >= 0.3 is 5.97 Å². The van der Waals surface area contributed by atoms with Gasteiger partial charge in [0.1, 0.15) is 5.69 Å². The van der Waals surface area contributed by atoms with Gasteiger partial charge in [0.25, 0.3) is 0 Å². The van der Waals surface area contributed by atoms with E-state index < -0.39 is 5.97 Å². The summed E-state index contributed by atoms with van der Waals surface area (Å²) >= 11 is 0. The topological polar surface area (TPSA) is 104 Å². The standard InChI is InChI=1S/C17H13N5O2/c23-17(24)14-6-11-12-9-19-5-3-13(12)22-16(15(11)21-14)20-8-10-2-1-4-18-7-10/h1-7,9,21H,8H2,(H,20,22)(H,23,24). The largest absolute Gasteiger partial charge is 0.477 e. The molecule has 0 saturated carbocycles. The van der Waals surface area contributed by atoms with Crippen LogP contribution in [0, 0.1) is 0 Å². The van der Waals surface area contributed by atoms with Crippen molar-refractivity contribution >= 4 is 33.6 Å². The van der Waals surface area contributed by atoms with E-state index in [-0.39, 0.29) is 5.69 Å². The highest BCUT2D eigenvalue weighted by Gasteiger charge is 2.15. The molecule has 7 nitrogen and oxygen atoms in total. The number of nitrogens with zero attached hydrogens (tertiary/aromatic N) is 3. The van der Waals surface area contributed by atoms with Crippen molar-refractivity contribution in [1.82, 2.24) is 19.9 Å². The molecule has 0 aliphatic carbocycles. The zero-order chi connectivity index (χ0) is 16.5. The van der Waals surface area contributed by atoms with Gasteiger partial charge in [-0.3, -0.25) is 9.97 Å².